The average Bonchev–Trinajstić information content (AvgIpc) is 3.19. The quantitative estimate of drug-likeness (QED) is 0.289. The van der Waals surface area contributed by atoms with E-state index in [0.717, 1.165) is 46.9 Å². The van der Waals surface area contributed by atoms with Crippen molar-refractivity contribution in [3.05, 3.63) is 112 Å². The van der Waals surface area contributed by atoms with Crippen LogP contribution in [-0.4, -0.2) is 37.6 Å². The van der Waals surface area contributed by atoms with Crippen LogP contribution in [0.3, 0.4) is 0 Å². The normalized spacial score (nSPS) is 23.0. The second kappa shape index (κ2) is 8.27. The molecule has 0 bridgehead atoms. The largest absolute Gasteiger partial charge is 0.296 e. The number of halogens is 2. The van der Waals surface area contributed by atoms with Crippen LogP contribution in [-0.2, 0) is 19.0 Å². The van der Waals surface area contributed by atoms with Gasteiger partial charge in [-0.3, -0.25) is 9.58 Å². The molecule has 1 aliphatic heterocycles. The van der Waals surface area contributed by atoms with Crippen LogP contribution in [0.25, 0.3) is 16.6 Å². The highest BCUT2D eigenvalue weighted by Crippen LogP contribution is 2.70. The van der Waals surface area contributed by atoms with Crippen molar-refractivity contribution >= 4 is 22.5 Å². The van der Waals surface area contributed by atoms with E-state index in [1.54, 1.807) is 16.8 Å². The summed E-state index contributed by atoms with van der Waals surface area (Å²) >= 11 is 6.46. The van der Waals surface area contributed by atoms with E-state index < -0.39 is 0 Å². The van der Waals surface area contributed by atoms with Crippen LogP contribution in [0.15, 0.2) is 79.1 Å². The molecular weight excluding hydrogens is 485 g/mol. The molecule has 0 unspecified atom stereocenters. The molecule has 2 aliphatic rings. The first-order valence-corrected chi connectivity index (χ1v) is 13.0. The van der Waals surface area contributed by atoms with Crippen molar-refractivity contribution in [1.82, 2.24) is 24.5 Å². The first-order valence-electron chi connectivity index (χ1n) is 12.6. The molecule has 1 saturated heterocycles. The summed E-state index contributed by atoms with van der Waals surface area (Å²) < 4.78 is 17.2. The van der Waals surface area contributed by atoms with Crippen LogP contribution in [0.4, 0.5) is 4.39 Å². The molecule has 186 valence electrons. The molecule has 3 atom stereocenters. The minimum Gasteiger partial charge on any atom is -0.296 e. The third-order valence-corrected chi connectivity index (χ3v) is 8.64. The first-order chi connectivity index (χ1) is 17.9. The lowest BCUT2D eigenvalue weighted by molar-refractivity contribution is 0.278. The number of fused-ring (bicyclic) bond motifs is 2. The van der Waals surface area contributed by atoms with E-state index in [0.29, 0.717) is 11.8 Å². The molecule has 3 heterocycles. The third kappa shape index (κ3) is 3.54. The molecule has 3 aromatic carbocycles. The fourth-order valence-corrected chi connectivity index (χ4v) is 7.01. The van der Waals surface area contributed by atoms with E-state index >= 15 is 0 Å². The van der Waals surface area contributed by atoms with Gasteiger partial charge in [0.1, 0.15) is 5.82 Å². The van der Waals surface area contributed by atoms with Crippen LogP contribution in [0, 0.1) is 18.7 Å². The van der Waals surface area contributed by atoms with Gasteiger partial charge in [0.2, 0.25) is 0 Å². The molecule has 2 aromatic heterocycles. The Labute approximate surface area is 220 Å². The topological polar surface area (TPSA) is 38.9 Å². The third-order valence-electron chi connectivity index (χ3n) is 8.32. The van der Waals surface area contributed by atoms with Crippen LogP contribution < -0.4 is 0 Å². The van der Waals surface area contributed by atoms with Gasteiger partial charge in [-0.25, -0.2) is 9.07 Å². The smallest absolute Gasteiger partial charge is 0.123 e. The lowest BCUT2D eigenvalue weighted by atomic mass is 9.86. The van der Waals surface area contributed by atoms with Gasteiger partial charge in [-0.1, -0.05) is 41.9 Å². The molecule has 0 amide bonds. The van der Waals surface area contributed by atoms with Crippen LogP contribution >= 0.6 is 11.6 Å². The van der Waals surface area contributed by atoms with E-state index in [1.807, 2.05) is 24.1 Å². The number of hydrogen-bond acceptors (Lipinski definition) is 3. The van der Waals surface area contributed by atoms with Gasteiger partial charge in [0.05, 0.1) is 28.1 Å². The molecule has 7 rings (SSSR count). The van der Waals surface area contributed by atoms with Crippen molar-refractivity contribution in [2.24, 2.45) is 13.0 Å². The maximum Gasteiger partial charge on any atom is 0.123 e. The second-order valence-electron chi connectivity index (χ2n) is 10.6. The number of nitrogens with zero attached hydrogens (tertiary/aromatic N) is 5. The molecule has 7 heteroatoms. The lowest BCUT2D eigenvalue weighted by Gasteiger charge is -2.25. The van der Waals surface area contributed by atoms with Gasteiger partial charge in [-0.2, -0.15) is 10.2 Å². The summed E-state index contributed by atoms with van der Waals surface area (Å²) in [5.41, 5.74) is 6.93. The predicted octanol–water partition coefficient (Wildman–Crippen LogP) is 6.03. The zero-order valence-electron chi connectivity index (χ0n) is 20.8. The Morgan fingerprint density at radius 2 is 1.86 bits per heavy atom. The van der Waals surface area contributed by atoms with Gasteiger partial charge in [-0.15, -0.1) is 0 Å². The number of benzene rings is 3. The molecule has 0 radical (unpaired) electrons. The zero-order chi connectivity index (χ0) is 25.3. The SMILES string of the molecule is Cc1cc2c(cnn2-c2ccc(F)cc2)cc1[C@]12CN(Cc3nn(C)cc3Cl)C[C@H]1[C@@H]2c1ccccc1. The summed E-state index contributed by atoms with van der Waals surface area (Å²) in [5.74, 6) is 0.760. The number of aromatic nitrogens is 4. The highest BCUT2D eigenvalue weighted by Gasteiger charge is 2.70. The molecule has 5 nitrogen and oxygen atoms in total. The molecule has 5 aromatic rings. The van der Waals surface area contributed by atoms with Crippen molar-refractivity contribution in [2.75, 3.05) is 13.1 Å². The summed E-state index contributed by atoms with van der Waals surface area (Å²) in [5, 5.41) is 11.1. The van der Waals surface area contributed by atoms with Gasteiger partial charge in [-0.05, 0) is 65.9 Å². The van der Waals surface area contributed by atoms with Crippen LogP contribution in [0.1, 0.15) is 28.3 Å². The Morgan fingerprint density at radius 3 is 2.59 bits per heavy atom. The molecule has 0 spiro atoms. The highest BCUT2D eigenvalue weighted by atomic mass is 35.5. The predicted molar refractivity (Wildman–Crippen MR) is 144 cm³/mol. The van der Waals surface area contributed by atoms with Gasteiger partial charge in [0.25, 0.3) is 0 Å². The van der Waals surface area contributed by atoms with Gasteiger partial charge in [0, 0.05) is 49.6 Å². The summed E-state index contributed by atoms with van der Waals surface area (Å²) in [7, 11) is 1.91. The van der Waals surface area contributed by atoms with Crippen molar-refractivity contribution in [3.63, 3.8) is 0 Å². The number of aryl methyl sites for hydroxylation is 2. The summed E-state index contributed by atoms with van der Waals surface area (Å²) in [4.78, 5) is 2.50. The molecule has 1 aliphatic carbocycles. The maximum absolute atomic E-state index is 13.5. The van der Waals surface area contributed by atoms with Crippen LogP contribution in [0.2, 0.25) is 5.02 Å². The number of piperidine rings is 1. The summed E-state index contributed by atoms with van der Waals surface area (Å²) in [6.07, 6.45) is 3.79. The van der Waals surface area contributed by atoms with E-state index in [1.165, 1.54) is 28.8 Å². The Hall–Kier alpha value is -3.48. The minimum absolute atomic E-state index is 0.0405. The van der Waals surface area contributed by atoms with Crippen molar-refractivity contribution < 1.29 is 4.39 Å². The Morgan fingerprint density at radius 1 is 1.08 bits per heavy atom. The van der Waals surface area contributed by atoms with E-state index in [4.69, 9.17) is 11.6 Å². The monoisotopic (exact) mass is 511 g/mol. The fourth-order valence-electron chi connectivity index (χ4n) is 6.77. The van der Waals surface area contributed by atoms with E-state index in [9.17, 15) is 4.39 Å². The Balaban J connectivity index is 1.29. The average molecular weight is 512 g/mol. The maximum atomic E-state index is 13.5. The van der Waals surface area contributed by atoms with Crippen molar-refractivity contribution in [2.45, 2.75) is 24.8 Å². The summed E-state index contributed by atoms with van der Waals surface area (Å²) in [6.45, 7) is 4.94. The van der Waals surface area contributed by atoms with Gasteiger partial charge < -0.3 is 0 Å². The minimum atomic E-state index is -0.248. The molecule has 2 fully saturated rings. The number of rotatable bonds is 5. The lowest BCUT2D eigenvalue weighted by Crippen LogP contribution is -2.29. The van der Waals surface area contributed by atoms with Gasteiger partial charge >= 0.3 is 0 Å². The molecule has 37 heavy (non-hydrogen) atoms. The Bertz CT molecular complexity index is 1620. The second-order valence-corrected chi connectivity index (χ2v) is 11.0. The van der Waals surface area contributed by atoms with E-state index in [-0.39, 0.29) is 11.2 Å². The molecule has 1 saturated carbocycles. The standard InChI is InChI=1S/C30H27ClFN5/c1-19-12-28-21(14-33-37(28)23-10-8-22(32)9-11-23)13-24(19)30-18-36(17-27-26(31)16-35(2)34-27)15-25(30)29(30)20-6-4-3-5-7-20/h3-14,16,25,29H,15,17-18H2,1-2H3/t25-,29-,30+/m0/s1. The highest BCUT2D eigenvalue weighted by molar-refractivity contribution is 6.31. The Kier molecular flexibility index (Phi) is 5.07. The fraction of sp³-hybridized carbons (Fsp3) is 0.267. The van der Waals surface area contributed by atoms with Crippen molar-refractivity contribution in [1.29, 1.82) is 0 Å². The van der Waals surface area contributed by atoms with Crippen molar-refractivity contribution in [3.8, 4) is 5.69 Å². The first kappa shape index (κ1) is 22.7. The number of likely N-dealkylation sites (tertiary alicyclic amines) is 1. The van der Waals surface area contributed by atoms with Gasteiger partial charge in [0.15, 0.2) is 0 Å². The summed E-state index contributed by atoms with van der Waals surface area (Å²) in [6, 6.07) is 22.0. The molecule has 0 N–H and O–H groups in total. The number of hydrogen-bond donors (Lipinski definition) is 0. The molecular formula is C30H27ClFN5. The zero-order valence-corrected chi connectivity index (χ0v) is 21.5. The van der Waals surface area contributed by atoms with E-state index in [2.05, 4.69) is 64.5 Å². The van der Waals surface area contributed by atoms with Crippen LogP contribution in [0.5, 0.6) is 0 Å².